The van der Waals surface area contributed by atoms with E-state index in [0.717, 1.165) is 61.3 Å². The van der Waals surface area contributed by atoms with Crippen LogP contribution in [0.15, 0.2) is 72.8 Å². The fourth-order valence-corrected chi connectivity index (χ4v) is 4.17. The first-order valence-electron chi connectivity index (χ1n) is 12.3. The summed E-state index contributed by atoms with van der Waals surface area (Å²) in [5, 5.41) is 2.91. The summed E-state index contributed by atoms with van der Waals surface area (Å²) < 4.78 is 21.2. The number of amides is 1. The summed E-state index contributed by atoms with van der Waals surface area (Å²) in [6.07, 6.45) is 4.66. The zero-order valence-corrected chi connectivity index (χ0v) is 20.2. The molecule has 0 saturated carbocycles. The zero-order valence-electron chi connectivity index (χ0n) is 20.2. The molecular weight excluding hydrogens is 441 g/mol. The van der Waals surface area contributed by atoms with Crippen molar-refractivity contribution in [2.24, 2.45) is 0 Å². The quantitative estimate of drug-likeness (QED) is 0.253. The maximum Gasteiger partial charge on any atom is 0.251 e. The van der Waals surface area contributed by atoms with Gasteiger partial charge in [-0.15, -0.1) is 0 Å². The van der Waals surface area contributed by atoms with Crippen LogP contribution >= 0.6 is 0 Å². The molecular formula is C29H32FN3O2. The van der Waals surface area contributed by atoms with E-state index in [2.05, 4.69) is 47.1 Å². The zero-order chi connectivity index (χ0) is 24.5. The van der Waals surface area contributed by atoms with E-state index in [1.54, 1.807) is 0 Å². The standard InChI is InChI=1S/C29H32FN3O2/c1-22-9-7-10-25(21-22)35-20-8-19-33-27-12-5-4-11-26(27)32-28(33)13-3-2-6-18-31-29(34)23-14-16-24(30)17-15-23/h4-5,7,9-12,14-17,21H,2-3,6,8,13,18-20H2,1H3,(H,31,34). The molecule has 4 aromatic rings. The van der Waals surface area contributed by atoms with Crippen LogP contribution in [0.25, 0.3) is 11.0 Å². The smallest absolute Gasteiger partial charge is 0.251 e. The van der Waals surface area contributed by atoms with Crippen LogP contribution in [0.4, 0.5) is 4.39 Å². The number of hydrogen-bond acceptors (Lipinski definition) is 3. The van der Waals surface area contributed by atoms with Crippen molar-refractivity contribution in [3.05, 3.63) is 95.6 Å². The van der Waals surface area contributed by atoms with Crippen molar-refractivity contribution >= 4 is 16.9 Å². The molecule has 0 aliphatic heterocycles. The number of hydrogen-bond donors (Lipinski definition) is 1. The predicted molar refractivity (Wildman–Crippen MR) is 137 cm³/mol. The van der Waals surface area contributed by atoms with Crippen molar-refractivity contribution in [3.8, 4) is 5.75 Å². The summed E-state index contributed by atoms with van der Waals surface area (Å²) >= 11 is 0. The third kappa shape index (κ3) is 6.92. The Labute approximate surface area is 206 Å². The highest BCUT2D eigenvalue weighted by Gasteiger charge is 2.10. The van der Waals surface area contributed by atoms with Crippen molar-refractivity contribution in [1.29, 1.82) is 0 Å². The van der Waals surface area contributed by atoms with E-state index < -0.39 is 0 Å². The Morgan fingerprint density at radius 1 is 0.971 bits per heavy atom. The van der Waals surface area contributed by atoms with Gasteiger partial charge >= 0.3 is 0 Å². The van der Waals surface area contributed by atoms with Crippen LogP contribution in [0, 0.1) is 12.7 Å². The molecule has 0 unspecified atom stereocenters. The number of halogens is 1. The van der Waals surface area contributed by atoms with Crippen LogP contribution in [-0.2, 0) is 13.0 Å². The Bertz CT molecular complexity index is 1250. The van der Waals surface area contributed by atoms with E-state index in [0.29, 0.717) is 18.7 Å². The molecule has 0 fully saturated rings. The molecule has 0 radical (unpaired) electrons. The van der Waals surface area contributed by atoms with Crippen molar-refractivity contribution < 1.29 is 13.9 Å². The number of aryl methyl sites for hydroxylation is 3. The summed E-state index contributed by atoms with van der Waals surface area (Å²) in [4.78, 5) is 17.0. The van der Waals surface area contributed by atoms with Gasteiger partial charge < -0.3 is 14.6 Å². The maximum atomic E-state index is 13.0. The average molecular weight is 474 g/mol. The Morgan fingerprint density at radius 3 is 2.63 bits per heavy atom. The topological polar surface area (TPSA) is 56.1 Å². The summed E-state index contributed by atoms with van der Waals surface area (Å²) in [6.45, 7) is 4.18. The number of para-hydroxylation sites is 2. The molecule has 5 nitrogen and oxygen atoms in total. The van der Waals surface area contributed by atoms with Crippen LogP contribution in [0.3, 0.4) is 0 Å². The van der Waals surface area contributed by atoms with Crippen LogP contribution in [0.1, 0.15) is 47.4 Å². The summed E-state index contributed by atoms with van der Waals surface area (Å²) in [6, 6.07) is 22.0. The number of rotatable bonds is 12. The van der Waals surface area contributed by atoms with Gasteiger partial charge in [0.15, 0.2) is 0 Å². The number of ether oxygens (including phenoxy) is 1. The van der Waals surface area contributed by atoms with Crippen molar-refractivity contribution in [3.63, 3.8) is 0 Å². The molecule has 0 atom stereocenters. The fourth-order valence-electron chi connectivity index (χ4n) is 4.17. The number of unbranched alkanes of at least 4 members (excludes halogenated alkanes) is 2. The van der Waals surface area contributed by atoms with E-state index in [1.807, 2.05) is 18.2 Å². The van der Waals surface area contributed by atoms with Crippen LogP contribution in [0.2, 0.25) is 0 Å². The first-order valence-corrected chi connectivity index (χ1v) is 12.3. The lowest BCUT2D eigenvalue weighted by molar-refractivity contribution is 0.0953. The van der Waals surface area contributed by atoms with Gasteiger partial charge in [-0.05, 0) is 80.3 Å². The van der Waals surface area contributed by atoms with Gasteiger partial charge in [0, 0.05) is 25.1 Å². The Morgan fingerprint density at radius 2 is 1.80 bits per heavy atom. The van der Waals surface area contributed by atoms with Gasteiger partial charge in [-0.1, -0.05) is 30.7 Å². The minimum absolute atomic E-state index is 0.167. The molecule has 1 heterocycles. The lowest BCUT2D eigenvalue weighted by Crippen LogP contribution is -2.24. The maximum absolute atomic E-state index is 13.0. The van der Waals surface area contributed by atoms with E-state index in [9.17, 15) is 9.18 Å². The van der Waals surface area contributed by atoms with E-state index in [1.165, 1.54) is 29.8 Å². The predicted octanol–water partition coefficient (Wildman–Crippen LogP) is 6.10. The number of nitrogens with zero attached hydrogens (tertiary/aromatic N) is 2. The SMILES string of the molecule is Cc1cccc(OCCCn2c(CCCCCNC(=O)c3ccc(F)cc3)nc3ccccc32)c1. The van der Waals surface area contributed by atoms with Crippen LogP contribution < -0.4 is 10.1 Å². The Kier molecular flexibility index (Phi) is 8.49. The highest BCUT2D eigenvalue weighted by molar-refractivity contribution is 5.94. The molecule has 4 rings (SSSR count). The van der Waals surface area contributed by atoms with Gasteiger partial charge in [0.2, 0.25) is 0 Å². The normalized spacial score (nSPS) is 11.0. The fraction of sp³-hybridized carbons (Fsp3) is 0.310. The minimum Gasteiger partial charge on any atom is -0.494 e. The lowest BCUT2D eigenvalue weighted by atomic mass is 10.1. The third-order valence-corrected chi connectivity index (χ3v) is 5.99. The number of benzene rings is 3. The molecule has 35 heavy (non-hydrogen) atoms. The second kappa shape index (κ2) is 12.2. The van der Waals surface area contributed by atoms with E-state index in [4.69, 9.17) is 9.72 Å². The molecule has 0 bridgehead atoms. The molecule has 0 aliphatic rings. The Balaban J connectivity index is 1.24. The second-order valence-corrected chi connectivity index (χ2v) is 8.76. The molecule has 1 amide bonds. The van der Waals surface area contributed by atoms with Gasteiger partial charge in [-0.25, -0.2) is 9.37 Å². The second-order valence-electron chi connectivity index (χ2n) is 8.76. The molecule has 0 spiro atoms. The lowest BCUT2D eigenvalue weighted by Gasteiger charge is -2.11. The number of carbonyl (C=O) groups excluding carboxylic acids is 1. The number of nitrogens with one attached hydrogen (secondary N) is 1. The molecule has 3 aromatic carbocycles. The number of aromatic nitrogens is 2. The van der Waals surface area contributed by atoms with Gasteiger partial charge in [0.05, 0.1) is 17.6 Å². The monoisotopic (exact) mass is 473 g/mol. The summed E-state index contributed by atoms with van der Waals surface area (Å²) in [5.74, 6) is 1.50. The van der Waals surface area contributed by atoms with Crippen LogP contribution in [0.5, 0.6) is 5.75 Å². The first-order chi connectivity index (χ1) is 17.1. The highest BCUT2D eigenvalue weighted by Crippen LogP contribution is 2.19. The number of imidazole rings is 1. The number of carbonyl (C=O) groups is 1. The first kappa shape index (κ1) is 24.5. The summed E-state index contributed by atoms with van der Waals surface area (Å²) in [5.41, 5.74) is 3.85. The Hall–Kier alpha value is -3.67. The highest BCUT2D eigenvalue weighted by atomic mass is 19.1. The van der Waals surface area contributed by atoms with E-state index >= 15 is 0 Å². The van der Waals surface area contributed by atoms with Gasteiger partial charge in [-0.2, -0.15) is 0 Å². The molecule has 0 aliphatic carbocycles. The summed E-state index contributed by atoms with van der Waals surface area (Å²) in [7, 11) is 0. The molecule has 1 aromatic heterocycles. The van der Waals surface area contributed by atoms with Gasteiger partial charge in [0.1, 0.15) is 17.4 Å². The van der Waals surface area contributed by atoms with Crippen molar-refractivity contribution in [2.45, 2.75) is 45.6 Å². The molecule has 182 valence electrons. The molecule has 6 heteroatoms. The van der Waals surface area contributed by atoms with Crippen molar-refractivity contribution in [2.75, 3.05) is 13.2 Å². The molecule has 0 saturated heterocycles. The minimum atomic E-state index is -0.341. The largest absolute Gasteiger partial charge is 0.494 e. The van der Waals surface area contributed by atoms with Gasteiger partial charge in [-0.3, -0.25) is 4.79 Å². The van der Waals surface area contributed by atoms with Crippen molar-refractivity contribution in [1.82, 2.24) is 14.9 Å². The van der Waals surface area contributed by atoms with Gasteiger partial charge in [0.25, 0.3) is 5.91 Å². The average Bonchev–Trinajstić information content (AvgIpc) is 3.21. The molecule has 1 N–H and O–H groups in total. The number of fused-ring (bicyclic) bond motifs is 1. The third-order valence-electron chi connectivity index (χ3n) is 5.99. The van der Waals surface area contributed by atoms with E-state index in [-0.39, 0.29) is 11.7 Å². The van der Waals surface area contributed by atoms with Crippen LogP contribution in [-0.4, -0.2) is 28.6 Å².